The molecule has 0 atom stereocenters. The molecular weight excluding hydrogens is 466 g/mol. The molecule has 3 aliphatic rings. The molecule has 3 saturated heterocycles. The van der Waals surface area contributed by atoms with E-state index in [2.05, 4.69) is 15.2 Å². The van der Waals surface area contributed by atoms with Crippen LogP contribution in [0.4, 0.5) is 5.69 Å². The van der Waals surface area contributed by atoms with E-state index in [0.29, 0.717) is 37.5 Å². The molecule has 1 amide bonds. The topological polar surface area (TPSA) is 87.1 Å². The van der Waals surface area contributed by atoms with Crippen molar-refractivity contribution in [1.29, 1.82) is 0 Å². The molecule has 0 spiro atoms. The molecule has 3 fully saturated rings. The number of amides is 1. The Morgan fingerprint density at radius 3 is 2.24 bits per heavy atom. The molecule has 1 aromatic carbocycles. The van der Waals surface area contributed by atoms with Gasteiger partial charge in [0.2, 0.25) is 0 Å². The highest BCUT2D eigenvalue weighted by atomic mass is 16.5. The lowest BCUT2D eigenvalue weighted by Crippen LogP contribution is -2.40. The zero-order valence-corrected chi connectivity index (χ0v) is 21.7. The second-order valence-corrected chi connectivity index (χ2v) is 10.2. The van der Waals surface area contributed by atoms with Crippen LogP contribution in [0.2, 0.25) is 0 Å². The third kappa shape index (κ3) is 6.25. The monoisotopic (exact) mass is 503 g/mol. The maximum atomic E-state index is 13.1. The lowest BCUT2D eigenvalue weighted by atomic mass is 9.88. The van der Waals surface area contributed by atoms with Crippen LogP contribution in [0, 0.1) is 5.92 Å². The number of carbonyl (C=O) groups is 2. The summed E-state index contributed by atoms with van der Waals surface area (Å²) in [5, 5.41) is 3.36. The van der Waals surface area contributed by atoms with Crippen LogP contribution in [0.25, 0.3) is 0 Å². The second kappa shape index (κ2) is 12.0. The van der Waals surface area contributed by atoms with E-state index in [0.717, 1.165) is 74.9 Å². The van der Waals surface area contributed by atoms with Gasteiger partial charge in [-0.25, -0.2) is 0 Å². The summed E-state index contributed by atoms with van der Waals surface area (Å²) in [6.45, 7) is 8.40. The van der Waals surface area contributed by atoms with Crippen molar-refractivity contribution >= 4 is 23.1 Å². The van der Waals surface area contributed by atoms with Crippen molar-refractivity contribution < 1.29 is 14.3 Å². The highest BCUT2D eigenvalue weighted by Gasteiger charge is 2.29. The van der Waals surface area contributed by atoms with Crippen LogP contribution in [-0.2, 0) is 4.74 Å². The normalized spacial score (nSPS) is 20.2. The van der Waals surface area contributed by atoms with E-state index in [9.17, 15) is 9.59 Å². The van der Waals surface area contributed by atoms with Gasteiger partial charge >= 0.3 is 0 Å². The summed E-state index contributed by atoms with van der Waals surface area (Å²) in [6, 6.07) is 12.0. The van der Waals surface area contributed by atoms with Gasteiger partial charge in [-0.1, -0.05) is 0 Å². The van der Waals surface area contributed by atoms with Crippen LogP contribution < -0.4 is 10.2 Å². The van der Waals surface area contributed by atoms with Gasteiger partial charge in [0.05, 0.1) is 36.2 Å². The van der Waals surface area contributed by atoms with Crippen molar-refractivity contribution in [2.75, 3.05) is 57.4 Å². The van der Waals surface area contributed by atoms with Crippen molar-refractivity contribution in [3.8, 4) is 0 Å². The van der Waals surface area contributed by atoms with E-state index >= 15 is 0 Å². The van der Waals surface area contributed by atoms with Crippen molar-refractivity contribution in [2.45, 2.75) is 38.6 Å². The third-order valence-corrected chi connectivity index (χ3v) is 7.75. The molecule has 8 nitrogen and oxygen atoms in total. The summed E-state index contributed by atoms with van der Waals surface area (Å²) >= 11 is 0. The number of carbonyl (C=O) groups excluding carboxylic acids is 2. The smallest absolute Gasteiger partial charge is 0.255 e. The molecule has 8 heteroatoms. The first-order valence-corrected chi connectivity index (χ1v) is 13.6. The number of morpholine rings is 1. The van der Waals surface area contributed by atoms with Crippen molar-refractivity contribution in [2.24, 2.45) is 10.9 Å². The summed E-state index contributed by atoms with van der Waals surface area (Å²) in [4.78, 5) is 39.7. The molecule has 2 aromatic rings. The molecule has 4 heterocycles. The summed E-state index contributed by atoms with van der Waals surface area (Å²) in [5.74, 6) is 0.107. The molecule has 196 valence electrons. The van der Waals surface area contributed by atoms with Crippen molar-refractivity contribution in [1.82, 2.24) is 15.2 Å². The lowest BCUT2D eigenvalue weighted by molar-refractivity contribution is 0.0650. The van der Waals surface area contributed by atoms with Gasteiger partial charge in [-0.05, 0) is 82.1 Å². The quantitative estimate of drug-likeness (QED) is 0.481. The predicted octanol–water partition coefficient (Wildman–Crippen LogP) is 3.21. The molecule has 0 bridgehead atoms. The van der Waals surface area contributed by atoms with Gasteiger partial charge in [0.1, 0.15) is 0 Å². The number of piperidine rings is 2. The minimum atomic E-state index is -0.0485. The molecule has 0 radical (unpaired) electrons. The first-order chi connectivity index (χ1) is 18.1. The van der Waals surface area contributed by atoms with Gasteiger partial charge < -0.3 is 19.9 Å². The number of hydrogen-bond donors (Lipinski definition) is 1. The number of ketones is 1. The number of anilines is 1. The molecule has 1 N–H and O–H groups in total. The zero-order chi connectivity index (χ0) is 25.6. The average molecular weight is 504 g/mol. The Kier molecular flexibility index (Phi) is 8.26. The summed E-state index contributed by atoms with van der Waals surface area (Å²) in [5.41, 5.74) is 4.21. The minimum Gasteiger partial charge on any atom is -0.378 e. The van der Waals surface area contributed by atoms with E-state index in [1.54, 1.807) is 6.20 Å². The molecule has 3 aliphatic heterocycles. The van der Waals surface area contributed by atoms with Gasteiger partial charge in [0.25, 0.3) is 5.91 Å². The molecular formula is C29H37N5O3. The van der Waals surface area contributed by atoms with Crippen LogP contribution in [0.3, 0.4) is 0 Å². The van der Waals surface area contributed by atoms with E-state index < -0.39 is 0 Å². The third-order valence-electron chi connectivity index (χ3n) is 7.75. The minimum absolute atomic E-state index is 0.0206. The fourth-order valence-electron chi connectivity index (χ4n) is 5.43. The first kappa shape index (κ1) is 25.5. The second-order valence-electron chi connectivity index (χ2n) is 10.2. The summed E-state index contributed by atoms with van der Waals surface area (Å²) < 4.78 is 5.42. The number of pyridine rings is 1. The van der Waals surface area contributed by atoms with Crippen molar-refractivity contribution in [3.63, 3.8) is 0 Å². The van der Waals surface area contributed by atoms with E-state index in [4.69, 9.17) is 9.73 Å². The lowest BCUT2D eigenvalue weighted by Gasteiger charge is -2.31. The number of likely N-dealkylation sites (tertiary alicyclic amines) is 1. The Balaban J connectivity index is 1.13. The average Bonchev–Trinajstić information content (AvgIpc) is 2.97. The number of aliphatic imine (C=N–C) groups is 1. The SMILES string of the molecule is CC(=NC1CCNCC1)c1ccc(C(=O)N2CCC(C(=O)c3ccc(N4CCOCC4)cc3)CC2)cn1. The fraction of sp³-hybridized carbons (Fsp3) is 0.517. The number of aromatic nitrogens is 1. The number of hydrogen-bond acceptors (Lipinski definition) is 7. The summed E-state index contributed by atoms with van der Waals surface area (Å²) in [7, 11) is 0. The van der Waals surface area contributed by atoms with Gasteiger partial charge in [0, 0.05) is 49.5 Å². The Bertz CT molecular complexity index is 1100. The van der Waals surface area contributed by atoms with Crippen LogP contribution >= 0.6 is 0 Å². The van der Waals surface area contributed by atoms with E-state index in [-0.39, 0.29) is 17.6 Å². The van der Waals surface area contributed by atoms with Gasteiger partial charge in [-0.2, -0.15) is 0 Å². The van der Waals surface area contributed by atoms with E-state index in [1.165, 1.54) is 0 Å². The number of rotatable bonds is 6. The Labute approximate surface area is 219 Å². The highest BCUT2D eigenvalue weighted by molar-refractivity contribution is 6.00. The standard InChI is InChI=1S/C29H37N5O3/c1-21(32-25-8-12-30-13-9-25)27-7-4-24(20-31-27)29(36)34-14-10-23(11-15-34)28(35)22-2-5-26(6-3-22)33-16-18-37-19-17-33/h2-7,20,23,25,30H,8-19H2,1H3. The molecule has 1 aromatic heterocycles. The van der Waals surface area contributed by atoms with Crippen LogP contribution in [0.15, 0.2) is 47.6 Å². The van der Waals surface area contributed by atoms with Crippen molar-refractivity contribution in [3.05, 3.63) is 59.4 Å². The Hall–Kier alpha value is -3.10. The Morgan fingerprint density at radius 2 is 1.59 bits per heavy atom. The van der Waals surface area contributed by atoms with Crippen LogP contribution in [0.1, 0.15) is 59.0 Å². The first-order valence-electron chi connectivity index (χ1n) is 13.6. The number of ether oxygens (including phenoxy) is 1. The highest BCUT2D eigenvalue weighted by Crippen LogP contribution is 2.25. The number of nitrogens with one attached hydrogen (secondary N) is 1. The number of Topliss-reactive ketones (excluding diaryl/α,β-unsaturated/α-hetero) is 1. The van der Waals surface area contributed by atoms with Gasteiger partial charge in [-0.3, -0.25) is 19.6 Å². The largest absolute Gasteiger partial charge is 0.378 e. The molecule has 37 heavy (non-hydrogen) atoms. The van der Waals surface area contributed by atoms with Gasteiger partial charge in [0.15, 0.2) is 5.78 Å². The maximum absolute atomic E-state index is 13.1. The number of benzene rings is 1. The summed E-state index contributed by atoms with van der Waals surface area (Å²) in [6.07, 6.45) is 5.12. The van der Waals surface area contributed by atoms with Crippen LogP contribution in [0.5, 0.6) is 0 Å². The Morgan fingerprint density at radius 1 is 0.919 bits per heavy atom. The maximum Gasteiger partial charge on any atom is 0.255 e. The van der Waals surface area contributed by atoms with Gasteiger partial charge in [-0.15, -0.1) is 0 Å². The molecule has 5 rings (SSSR count). The molecule has 0 saturated carbocycles. The molecule has 0 unspecified atom stereocenters. The fourth-order valence-corrected chi connectivity index (χ4v) is 5.43. The predicted molar refractivity (Wildman–Crippen MR) is 145 cm³/mol. The van der Waals surface area contributed by atoms with E-state index in [1.807, 2.05) is 48.2 Å². The number of nitrogens with zero attached hydrogens (tertiary/aromatic N) is 4. The van der Waals surface area contributed by atoms with Crippen LogP contribution in [-0.4, -0.2) is 85.8 Å². The molecule has 0 aliphatic carbocycles. The zero-order valence-electron chi connectivity index (χ0n) is 21.7.